The number of halogens is 3. The summed E-state index contributed by atoms with van der Waals surface area (Å²) in [5.74, 6) is -3.38. The quantitative estimate of drug-likeness (QED) is 0.194. The molecule has 0 atom stereocenters. The average molecular weight is 480 g/mol. The van der Waals surface area contributed by atoms with Gasteiger partial charge in [-0.3, -0.25) is 0 Å². The van der Waals surface area contributed by atoms with Crippen LogP contribution in [0.25, 0.3) is 11.1 Å². The second-order valence-electron chi connectivity index (χ2n) is 7.31. The Morgan fingerprint density at radius 1 is 0.735 bits per heavy atom. The molecule has 0 bridgehead atoms. The van der Waals surface area contributed by atoms with Crippen LogP contribution >= 0.6 is 11.9 Å². The van der Waals surface area contributed by atoms with Crippen LogP contribution in [0.1, 0.15) is 5.56 Å². The summed E-state index contributed by atoms with van der Waals surface area (Å²) in [6.45, 7) is -0.286. The van der Waals surface area contributed by atoms with E-state index in [0.717, 1.165) is 27.8 Å². The molecule has 0 heterocycles. The summed E-state index contributed by atoms with van der Waals surface area (Å²) in [6.07, 6.45) is 0. The number of hydrogen-bond donors (Lipinski definition) is 3. The molecule has 4 rings (SSSR count). The van der Waals surface area contributed by atoms with E-state index in [4.69, 9.17) is 0 Å². The number of amides is 2. The Kier molecular flexibility index (Phi) is 7.39. The van der Waals surface area contributed by atoms with Crippen molar-refractivity contribution in [2.75, 3.05) is 10.0 Å². The Morgan fingerprint density at radius 3 is 2.15 bits per heavy atom. The number of rotatable bonds is 7. The van der Waals surface area contributed by atoms with Gasteiger partial charge in [-0.25, -0.2) is 18.0 Å². The molecule has 0 aliphatic carbocycles. The van der Waals surface area contributed by atoms with Gasteiger partial charge in [-0.15, -0.1) is 0 Å². The van der Waals surface area contributed by atoms with Crippen LogP contribution in [0.15, 0.2) is 95.9 Å². The minimum absolute atomic E-state index is 0.151. The van der Waals surface area contributed by atoms with Gasteiger partial charge in [0.05, 0.1) is 0 Å². The normalized spacial score (nSPS) is 10.6. The SMILES string of the molecule is O=C(NCc1cc(F)c(F)cc1F)Nc1ccc(NSc2ccccc2-c2ccccc2)cc1. The van der Waals surface area contributed by atoms with Crippen LogP contribution < -0.4 is 15.4 Å². The molecule has 0 saturated heterocycles. The van der Waals surface area contributed by atoms with Gasteiger partial charge in [0.1, 0.15) is 5.82 Å². The third kappa shape index (κ3) is 5.90. The Morgan fingerprint density at radius 2 is 1.38 bits per heavy atom. The van der Waals surface area contributed by atoms with Crippen molar-refractivity contribution in [3.05, 3.63) is 114 Å². The highest BCUT2D eigenvalue weighted by atomic mass is 32.2. The molecular formula is C26H20F3N3OS. The second kappa shape index (κ2) is 10.8. The van der Waals surface area contributed by atoms with E-state index in [-0.39, 0.29) is 12.1 Å². The number of anilines is 2. The first-order valence-corrected chi connectivity index (χ1v) is 11.2. The summed E-state index contributed by atoms with van der Waals surface area (Å²) >= 11 is 1.48. The van der Waals surface area contributed by atoms with Crippen molar-refractivity contribution in [3.8, 4) is 11.1 Å². The zero-order valence-corrected chi connectivity index (χ0v) is 18.6. The van der Waals surface area contributed by atoms with Gasteiger partial charge in [0.15, 0.2) is 11.6 Å². The molecule has 0 saturated carbocycles. The molecule has 0 unspecified atom stereocenters. The lowest BCUT2D eigenvalue weighted by molar-refractivity contribution is 0.251. The second-order valence-corrected chi connectivity index (χ2v) is 8.16. The average Bonchev–Trinajstić information content (AvgIpc) is 2.86. The van der Waals surface area contributed by atoms with Crippen molar-refractivity contribution in [1.82, 2.24) is 5.32 Å². The molecular weight excluding hydrogens is 459 g/mol. The molecule has 8 heteroatoms. The topological polar surface area (TPSA) is 53.2 Å². The molecule has 3 N–H and O–H groups in total. The van der Waals surface area contributed by atoms with Crippen LogP contribution in [-0.2, 0) is 6.54 Å². The largest absolute Gasteiger partial charge is 0.334 e. The smallest absolute Gasteiger partial charge is 0.319 e. The number of benzene rings is 4. The molecule has 4 nitrogen and oxygen atoms in total. The molecule has 2 amide bonds. The van der Waals surface area contributed by atoms with Crippen molar-refractivity contribution in [3.63, 3.8) is 0 Å². The summed E-state index contributed by atoms with van der Waals surface area (Å²) in [6, 6.07) is 25.8. The lowest BCUT2D eigenvalue weighted by Gasteiger charge is -2.12. The lowest BCUT2D eigenvalue weighted by atomic mass is 10.1. The van der Waals surface area contributed by atoms with Crippen molar-refractivity contribution in [1.29, 1.82) is 0 Å². The van der Waals surface area contributed by atoms with Crippen molar-refractivity contribution < 1.29 is 18.0 Å². The fraction of sp³-hybridized carbons (Fsp3) is 0.0385. The predicted molar refractivity (Wildman–Crippen MR) is 130 cm³/mol. The van der Waals surface area contributed by atoms with E-state index in [0.29, 0.717) is 11.8 Å². The van der Waals surface area contributed by atoms with Crippen LogP contribution in [0.5, 0.6) is 0 Å². The minimum atomic E-state index is -1.28. The van der Waals surface area contributed by atoms with Crippen LogP contribution in [0.3, 0.4) is 0 Å². The lowest BCUT2D eigenvalue weighted by Crippen LogP contribution is -2.28. The van der Waals surface area contributed by atoms with E-state index in [1.165, 1.54) is 11.9 Å². The number of nitrogens with one attached hydrogen (secondary N) is 3. The number of carbonyl (C=O) groups is 1. The highest BCUT2D eigenvalue weighted by Gasteiger charge is 2.11. The maximum Gasteiger partial charge on any atom is 0.319 e. The van der Waals surface area contributed by atoms with E-state index >= 15 is 0 Å². The van der Waals surface area contributed by atoms with Crippen molar-refractivity contribution in [2.24, 2.45) is 0 Å². The Balaban J connectivity index is 1.32. The summed E-state index contributed by atoms with van der Waals surface area (Å²) in [5.41, 5.74) is 3.45. The molecule has 0 aliphatic heterocycles. The van der Waals surface area contributed by atoms with Gasteiger partial charge in [-0.2, -0.15) is 0 Å². The van der Waals surface area contributed by atoms with Crippen LogP contribution in [0, 0.1) is 17.5 Å². The fourth-order valence-electron chi connectivity index (χ4n) is 3.20. The van der Waals surface area contributed by atoms with E-state index in [9.17, 15) is 18.0 Å². The maximum atomic E-state index is 13.7. The van der Waals surface area contributed by atoms with E-state index in [1.54, 1.807) is 12.1 Å². The first-order chi connectivity index (χ1) is 16.5. The summed E-state index contributed by atoms with van der Waals surface area (Å²) in [4.78, 5) is 13.2. The van der Waals surface area contributed by atoms with Crippen molar-refractivity contribution >= 4 is 29.4 Å². The standard InChI is InChI=1S/C26H20F3N3OS/c27-22-15-24(29)23(28)14-18(22)16-30-26(33)31-19-10-12-20(13-11-19)32-34-25-9-5-4-8-21(25)17-6-2-1-3-7-17/h1-15,32H,16H2,(H2,30,31,33). The highest BCUT2D eigenvalue weighted by Crippen LogP contribution is 2.32. The third-order valence-corrected chi connectivity index (χ3v) is 5.84. The summed E-state index contributed by atoms with van der Waals surface area (Å²) < 4.78 is 43.3. The van der Waals surface area contributed by atoms with Crippen LogP contribution in [0.2, 0.25) is 0 Å². The molecule has 0 aliphatic rings. The van der Waals surface area contributed by atoms with Gasteiger partial charge >= 0.3 is 6.03 Å². The van der Waals surface area contributed by atoms with Crippen molar-refractivity contribution in [2.45, 2.75) is 11.4 Å². The van der Waals surface area contributed by atoms with Crippen LogP contribution in [0.4, 0.5) is 29.3 Å². The minimum Gasteiger partial charge on any atom is -0.334 e. The number of hydrogen-bond acceptors (Lipinski definition) is 3. The monoisotopic (exact) mass is 479 g/mol. The zero-order chi connectivity index (χ0) is 23.9. The molecule has 0 aromatic heterocycles. The third-order valence-electron chi connectivity index (χ3n) is 4.92. The van der Waals surface area contributed by atoms with Gasteiger partial charge in [0.25, 0.3) is 0 Å². The van der Waals surface area contributed by atoms with Gasteiger partial charge in [0, 0.05) is 34.4 Å². The number of urea groups is 1. The maximum absolute atomic E-state index is 13.7. The molecule has 0 radical (unpaired) electrons. The van der Waals surface area contributed by atoms with Gasteiger partial charge in [-0.05, 0) is 59.5 Å². The molecule has 172 valence electrons. The van der Waals surface area contributed by atoms with E-state index in [1.807, 2.05) is 48.5 Å². The van der Waals surface area contributed by atoms with E-state index < -0.39 is 23.5 Å². The predicted octanol–water partition coefficient (Wildman–Crippen LogP) is 7.21. The Labute approximate surface area is 199 Å². The van der Waals surface area contributed by atoms with Crippen LogP contribution in [-0.4, -0.2) is 6.03 Å². The summed E-state index contributed by atoms with van der Waals surface area (Å²) in [7, 11) is 0. The first-order valence-electron chi connectivity index (χ1n) is 10.4. The number of carbonyl (C=O) groups excluding carboxylic acids is 1. The highest BCUT2D eigenvalue weighted by molar-refractivity contribution is 8.00. The first kappa shape index (κ1) is 23.3. The Bertz CT molecular complexity index is 1280. The van der Waals surface area contributed by atoms with Gasteiger partial charge in [-0.1, -0.05) is 48.5 Å². The zero-order valence-electron chi connectivity index (χ0n) is 17.8. The molecule has 4 aromatic rings. The molecule has 34 heavy (non-hydrogen) atoms. The molecule has 0 spiro atoms. The molecule has 0 fully saturated rings. The summed E-state index contributed by atoms with van der Waals surface area (Å²) in [5, 5.41) is 5.03. The fourth-order valence-corrected chi connectivity index (χ4v) is 4.00. The molecule has 4 aromatic carbocycles. The van der Waals surface area contributed by atoms with Gasteiger partial charge < -0.3 is 15.4 Å². The Hall–Kier alpha value is -3.91. The van der Waals surface area contributed by atoms with E-state index in [2.05, 4.69) is 33.6 Å². The van der Waals surface area contributed by atoms with Gasteiger partial charge in [0.2, 0.25) is 0 Å².